The van der Waals surface area contributed by atoms with Crippen LogP contribution in [0.15, 0.2) is 18.2 Å². The zero-order chi connectivity index (χ0) is 15.5. The summed E-state index contributed by atoms with van der Waals surface area (Å²) in [5.41, 5.74) is 1.21. The van der Waals surface area contributed by atoms with Gasteiger partial charge >= 0.3 is 5.97 Å². The monoisotopic (exact) mass is 313 g/mol. The minimum atomic E-state index is -3.56. The van der Waals surface area contributed by atoms with Crippen LogP contribution in [0.2, 0.25) is 0 Å². The predicted octanol–water partition coefficient (Wildman–Crippen LogP) is 1.43. The molecular weight excluding hydrogens is 294 g/mol. The number of phenols is 1. The average Bonchev–Trinajstić information content (AvgIpc) is 2.46. The van der Waals surface area contributed by atoms with Crippen molar-refractivity contribution in [3.05, 3.63) is 23.8 Å². The van der Waals surface area contributed by atoms with Gasteiger partial charge in [0.2, 0.25) is 10.0 Å². The number of nitrogens with zero attached hydrogens (tertiary/aromatic N) is 1. The number of benzene rings is 1. The van der Waals surface area contributed by atoms with E-state index in [1.807, 2.05) is 6.07 Å². The molecule has 0 saturated heterocycles. The van der Waals surface area contributed by atoms with E-state index in [0.717, 1.165) is 12.0 Å². The van der Waals surface area contributed by atoms with Gasteiger partial charge in [0.1, 0.15) is 5.75 Å². The van der Waals surface area contributed by atoms with Gasteiger partial charge in [-0.15, -0.1) is 0 Å². The molecule has 0 amide bonds. The second-order valence-electron chi connectivity index (χ2n) is 4.96. The Labute approximate surface area is 124 Å². The lowest BCUT2D eigenvalue weighted by Gasteiger charge is -2.31. The zero-order valence-electron chi connectivity index (χ0n) is 11.9. The van der Waals surface area contributed by atoms with Crippen LogP contribution in [0.4, 0.5) is 5.69 Å². The summed E-state index contributed by atoms with van der Waals surface area (Å²) in [5, 5.41) is 9.96. The number of esters is 1. The number of hydrogen-bond donors (Lipinski definition) is 1. The maximum absolute atomic E-state index is 12.4. The van der Waals surface area contributed by atoms with Crippen molar-refractivity contribution in [2.24, 2.45) is 0 Å². The van der Waals surface area contributed by atoms with Crippen molar-refractivity contribution in [1.82, 2.24) is 0 Å². The fourth-order valence-electron chi connectivity index (χ4n) is 2.48. The Hall–Kier alpha value is -1.76. The Morgan fingerprint density at radius 3 is 2.90 bits per heavy atom. The lowest BCUT2D eigenvalue weighted by Crippen LogP contribution is -2.37. The van der Waals surface area contributed by atoms with Crippen LogP contribution in [0, 0.1) is 0 Å². The highest BCUT2D eigenvalue weighted by atomic mass is 32.2. The van der Waals surface area contributed by atoms with Gasteiger partial charge in [0, 0.05) is 13.0 Å². The SMILES string of the molecule is COC(=O)CCCS(=O)(=O)N1CCCc2cccc(O)c21. The van der Waals surface area contributed by atoms with Gasteiger partial charge in [0.25, 0.3) is 0 Å². The number of methoxy groups -OCH3 is 1. The van der Waals surface area contributed by atoms with E-state index in [0.29, 0.717) is 18.7 Å². The largest absolute Gasteiger partial charge is 0.506 e. The molecule has 0 saturated carbocycles. The van der Waals surface area contributed by atoms with Crippen molar-refractivity contribution in [1.29, 1.82) is 0 Å². The maximum atomic E-state index is 12.4. The number of phenolic OH excluding ortho intramolecular Hbond substituents is 1. The average molecular weight is 313 g/mol. The Morgan fingerprint density at radius 2 is 2.19 bits per heavy atom. The summed E-state index contributed by atoms with van der Waals surface area (Å²) in [5.74, 6) is -0.591. The summed E-state index contributed by atoms with van der Waals surface area (Å²) in [4.78, 5) is 11.1. The molecule has 1 N–H and O–H groups in total. The van der Waals surface area contributed by atoms with Crippen LogP contribution in [-0.2, 0) is 26.0 Å². The molecule has 2 rings (SSSR count). The number of carbonyl (C=O) groups excluding carboxylic acids is 1. The standard InChI is InChI=1S/C14H19NO5S/c1-20-13(17)8-4-10-21(18,19)15-9-3-6-11-5-2-7-12(16)14(11)15/h2,5,7,16H,3-4,6,8-10H2,1H3. The van der Waals surface area contributed by atoms with Gasteiger partial charge in [-0.1, -0.05) is 12.1 Å². The molecule has 116 valence electrons. The highest BCUT2D eigenvalue weighted by Crippen LogP contribution is 2.37. The van der Waals surface area contributed by atoms with Crippen LogP contribution in [0.3, 0.4) is 0 Å². The summed E-state index contributed by atoms with van der Waals surface area (Å²) in [7, 11) is -2.28. The van der Waals surface area contributed by atoms with Crippen LogP contribution in [-0.4, -0.2) is 38.9 Å². The highest BCUT2D eigenvalue weighted by molar-refractivity contribution is 7.92. The summed E-state index contributed by atoms with van der Waals surface area (Å²) in [6.07, 6.45) is 1.73. The Kier molecular flexibility index (Phi) is 4.72. The molecule has 0 unspecified atom stereocenters. The maximum Gasteiger partial charge on any atom is 0.305 e. The van der Waals surface area contributed by atoms with E-state index in [1.165, 1.54) is 17.5 Å². The topological polar surface area (TPSA) is 83.9 Å². The van der Waals surface area contributed by atoms with Crippen LogP contribution >= 0.6 is 0 Å². The van der Waals surface area contributed by atoms with Gasteiger partial charge in [-0.3, -0.25) is 9.10 Å². The van der Waals surface area contributed by atoms with Crippen LogP contribution < -0.4 is 4.31 Å². The fourth-order valence-corrected chi connectivity index (χ4v) is 4.11. The van der Waals surface area contributed by atoms with Crippen LogP contribution in [0.25, 0.3) is 0 Å². The number of hydrogen-bond acceptors (Lipinski definition) is 5. The highest BCUT2D eigenvalue weighted by Gasteiger charge is 2.29. The lowest BCUT2D eigenvalue weighted by molar-refractivity contribution is -0.140. The first kappa shape index (κ1) is 15.6. The van der Waals surface area contributed by atoms with Crippen molar-refractivity contribution in [2.45, 2.75) is 25.7 Å². The van der Waals surface area contributed by atoms with Gasteiger partial charge < -0.3 is 9.84 Å². The van der Waals surface area contributed by atoms with Crippen LogP contribution in [0.1, 0.15) is 24.8 Å². The minimum absolute atomic E-state index is 0.0243. The third kappa shape index (κ3) is 3.47. The number of ether oxygens (including phenoxy) is 1. The molecule has 0 aliphatic carbocycles. The molecular formula is C14H19NO5S. The van der Waals surface area contributed by atoms with E-state index in [4.69, 9.17) is 0 Å². The molecule has 0 radical (unpaired) electrons. The summed E-state index contributed by atoms with van der Waals surface area (Å²) >= 11 is 0. The van der Waals surface area contributed by atoms with E-state index in [1.54, 1.807) is 6.07 Å². The first-order chi connectivity index (χ1) is 9.95. The molecule has 0 spiro atoms. The number of para-hydroxylation sites is 1. The zero-order valence-corrected chi connectivity index (χ0v) is 12.7. The summed E-state index contributed by atoms with van der Waals surface area (Å²) in [6, 6.07) is 5.02. The number of aromatic hydroxyl groups is 1. The number of aryl methyl sites for hydroxylation is 1. The third-order valence-corrected chi connectivity index (χ3v) is 5.34. The van der Waals surface area contributed by atoms with Crippen LogP contribution in [0.5, 0.6) is 5.75 Å². The third-order valence-electron chi connectivity index (χ3n) is 3.50. The van der Waals surface area contributed by atoms with Gasteiger partial charge in [-0.2, -0.15) is 0 Å². The van der Waals surface area contributed by atoms with Crippen molar-refractivity contribution in [3.63, 3.8) is 0 Å². The second kappa shape index (κ2) is 6.34. The molecule has 1 aliphatic heterocycles. The summed E-state index contributed by atoms with van der Waals surface area (Å²) < 4.78 is 30.6. The fraction of sp³-hybridized carbons (Fsp3) is 0.500. The van der Waals surface area contributed by atoms with E-state index >= 15 is 0 Å². The first-order valence-electron chi connectivity index (χ1n) is 6.84. The molecule has 21 heavy (non-hydrogen) atoms. The number of fused-ring (bicyclic) bond motifs is 1. The van der Waals surface area contributed by atoms with Crippen molar-refractivity contribution < 1.29 is 23.1 Å². The normalized spacial score (nSPS) is 14.6. The number of sulfonamides is 1. The Bertz CT molecular complexity index is 626. The molecule has 7 heteroatoms. The Balaban J connectivity index is 2.17. The van der Waals surface area contributed by atoms with Gasteiger partial charge in [-0.25, -0.2) is 8.42 Å². The van der Waals surface area contributed by atoms with Crippen molar-refractivity contribution in [2.75, 3.05) is 23.7 Å². The van der Waals surface area contributed by atoms with Crippen molar-refractivity contribution in [3.8, 4) is 5.75 Å². The second-order valence-corrected chi connectivity index (χ2v) is 6.97. The molecule has 6 nitrogen and oxygen atoms in total. The minimum Gasteiger partial charge on any atom is -0.506 e. The molecule has 0 fully saturated rings. The molecule has 1 aromatic rings. The summed E-state index contributed by atoms with van der Waals surface area (Å²) in [6.45, 7) is 0.352. The van der Waals surface area contributed by atoms with Gasteiger partial charge in [-0.05, 0) is 30.9 Å². The molecule has 0 aromatic heterocycles. The molecule has 0 bridgehead atoms. The lowest BCUT2D eigenvalue weighted by atomic mass is 10.0. The van der Waals surface area contributed by atoms with Crippen molar-refractivity contribution >= 4 is 21.7 Å². The van der Waals surface area contributed by atoms with Gasteiger partial charge in [0.05, 0.1) is 18.6 Å². The van der Waals surface area contributed by atoms with E-state index in [2.05, 4.69) is 4.74 Å². The quantitative estimate of drug-likeness (QED) is 0.831. The molecule has 1 aliphatic rings. The molecule has 0 atom stereocenters. The molecule has 1 aromatic carbocycles. The van der Waals surface area contributed by atoms with E-state index < -0.39 is 16.0 Å². The van der Waals surface area contributed by atoms with Gasteiger partial charge in [0.15, 0.2) is 0 Å². The first-order valence-corrected chi connectivity index (χ1v) is 8.44. The number of rotatable bonds is 5. The Morgan fingerprint density at radius 1 is 1.43 bits per heavy atom. The number of carbonyl (C=O) groups is 1. The predicted molar refractivity (Wildman–Crippen MR) is 78.8 cm³/mol. The van der Waals surface area contributed by atoms with E-state index in [9.17, 15) is 18.3 Å². The van der Waals surface area contributed by atoms with E-state index in [-0.39, 0.29) is 24.3 Å². The smallest absolute Gasteiger partial charge is 0.305 e. The number of anilines is 1. The molecule has 1 heterocycles.